The first kappa shape index (κ1) is 16.0. The molecule has 1 unspecified atom stereocenters. The number of carbonyl (C=O) groups excluding carboxylic acids is 1. The molecule has 2 heterocycles. The fraction of sp³-hybridized carbons (Fsp3) is 0.900. The Labute approximate surface area is 109 Å². The van der Waals surface area contributed by atoms with Crippen LogP contribution < -0.4 is 5.73 Å². The maximum absolute atomic E-state index is 11.6. The van der Waals surface area contributed by atoms with Gasteiger partial charge in [-0.15, -0.1) is 24.8 Å². The molecule has 16 heavy (non-hydrogen) atoms. The predicted octanol–water partition coefficient (Wildman–Crippen LogP) is 0.484. The summed E-state index contributed by atoms with van der Waals surface area (Å²) in [6.07, 6.45) is 2.76. The Balaban J connectivity index is 0.00000112. The smallest absolute Gasteiger partial charge is 0.224 e. The molecule has 0 aromatic carbocycles. The molecule has 0 saturated carbocycles. The summed E-state index contributed by atoms with van der Waals surface area (Å²) in [5.74, 6) is 0.257. The normalized spacial score (nSPS) is 27.5. The average molecular weight is 270 g/mol. The van der Waals surface area contributed by atoms with E-state index in [1.165, 1.54) is 0 Å². The summed E-state index contributed by atoms with van der Waals surface area (Å²) in [5, 5.41) is 0. The lowest BCUT2D eigenvalue weighted by molar-refractivity contribution is -0.130. The number of nitrogens with zero attached hydrogens (tertiary/aromatic N) is 2. The van der Waals surface area contributed by atoms with Crippen LogP contribution in [0.15, 0.2) is 0 Å². The van der Waals surface area contributed by atoms with Gasteiger partial charge in [-0.05, 0) is 33.0 Å². The molecular weight excluding hydrogens is 249 g/mol. The summed E-state index contributed by atoms with van der Waals surface area (Å²) < 4.78 is 0. The van der Waals surface area contributed by atoms with E-state index in [9.17, 15) is 4.79 Å². The van der Waals surface area contributed by atoms with Crippen molar-refractivity contribution >= 4 is 30.7 Å². The van der Waals surface area contributed by atoms with Crippen LogP contribution in [-0.4, -0.2) is 54.5 Å². The summed E-state index contributed by atoms with van der Waals surface area (Å²) >= 11 is 0. The highest BCUT2D eigenvalue weighted by molar-refractivity contribution is 5.85. The Bertz CT molecular complexity index is 232. The van der Waals surface area contributed by atoms with Crippen LogP contribution in [0.1, 0.15) is 19.3 Å². The van der Waals surface area contributed by atoms with E-state index in [4.69, 9.17) is 5.73 Å². The first-order valence-electron chi connectivity index (χ1n) is 5.40. The summed E-state index contributed by atoms with van der Waals surface area (Å²) in [5.41, 5.74) is 5.78. The third kappa shape index (κ3) is 3.48. The van der Waals surface area contributed by atoms with Crippen LogP contribution in [0, 0.1) is 0 Å². The van der Waals surface area contributed by atoms with Crippen molar-refractivity contribution in [1.82, 2.24) is 9.80 Å². The first-order chi connectivity index (χ1) is 6.66. The molecule has 2 N–H and O–H groups in total. The molecule has 2 fully saturated rings. The quantitative estimate of drug-likeness (QED) is 0.754. The third-order valence-corrected chi connectivity index (χ3v) is 3.32. The van der Waals surface area contributed by atoms with Crippen LogP contribution in [0.5, 0.6) is 0 Å². The number of nitrogens with two attached hydrogens (primary N) is 1. The number of rotatable bonds is 1. The molecule has 0 aromatic rings. The molecule has 0 spiro atoms. The molecular formula is C10H21Cl2N3O. The number of amides is 1. The SMILES string of the molecule is CN1CCC(N2CC(N)CC2=O)CC1.Cl.Cl. The van der Waals surface area contributed by atoms with Gasteiger partial charge in [-0.25, -0.2) is 0 Å². The number of piperidine rings is 1. The Morgan fingerprint density at radius 1 is 1.25 bits per heavy atom. The topological polar surface area (TPSA) is 49.6 Å². The van der Waals surface area contributed by atoms with Crippen molar-refractivity contribution in [1.29, 1.82) is 0 Å². The molecule has 0 radical (unpaired) electrons. The average Bonchev–Trinajstić information content (AvgIpc) is 2.47. The molecule has 0 aliphatic carbocycles. The maximum atomic E-state index is 11.6. The number of likely N-dealkylation sites (tertiary alicyclic amines) is 2. The van der Waals surface area contributed by atoms with Crippen molar-refractivity contribution in [3.8, 4) is 0 Å². The van der Waals surface area contributed by atoms with Gasteiger partial charge in [0.25, 0.3) is 0 Å². The van der Waals surface area contributed by atoms with E-state index in [1.807, 2.05) is 4.90 Å². The number of halogens is 2. The van der Waals surface area contributed by atoms with E-state index in [1.54, 1.807) is 0 Å². The zero-order valence-corrected chi connectivity index (χ0v) is 11.2. The molecule has 96 valence electrons. The summed E-state index contributed by atoms with van der Waals surface area (Å²) in [6.45, 7) is 2.97. The monoisotopic (exact) mass is 269 g/mol. The second-order valence-electron chi connectivity index (χ2n) is 4.54. The first-order valence-corrected chi connectivity index (χ1v) is 5.40. The van der Waals surface area contributed by atoms with Crippen molar-refractivity contribution in [3.63, 3.8) is 0 Å². The molecule has 1 atom stereocenters. The summed E-state index contributed by atoms with van der Waals surface area (Å²) in [4.78, 5) is 15.9. The second kappa shape index (κ2) is 6.64. The van der Waals surface area contributed by atoms with Gasteiger partial charge in [0, 0.05) is 25.0 Å². The van der Waals surface area contributed by atoms with Gasteiger partial charge in [0.2, 0.25) is 5.91 Å². The van der Waals surface area contributed by atoms with Gasteiger partial charge in [0.1, 0.15) is 0 Å². The van der Waals surface area contributed by atoms with E-state index in [0.717, 1.165) is 32.5 Å². The third-order valence-electron chi connectivity index (χ3n) is 3.32. The van der Waals surface area contributed by atoms with Crippen molar-refractivity contribution in [2.24, 2.45) is 5.73 Å². The standard InChI is InChI=1S/C10H19N3O.2ClH/c1-12-4-2-9(3-5-12)13-7-8(11)6-10(13)14;;/h8-9H,2-7,11H2,1H3;2*1H. The number of hydrogen-bond acceptors (Lipinski definition) is 3. The Hall–Kier alpha value is -0.0300. The van der Waals surface area contributed by atoms with Gasteiger partial charge in [0.05, 0.1) is 0 Å². The number of carbonyl (C=O) groups is 1. The van der Waals surface area contributed by atoms with Crippen molar-refractivity contribution in [3.05, 3.63) is 0 Å². The Morgan fingerprint density at radius 3 is 2.25 bits per heavy atom. The van der Waals surface area contributed by atoms with Gasteiger partial charge in [-0.3, -0.25) is 4.79 Å². The summed E-state index contributed by atoms with van der Waals surface area (Å²) in [6, 6.07) is 0.523. The molecule has 0 aromatic heterocycles. The molecule has 0 bridgehead atoms. The highest BCUT2D eigenvalue weighted by atomic mass is 35.5. The van der Waals surface area contributed by atoms with Crippen molar-refractivity contribution in [2.75, 3.05) is 26.7 Å². The highest BCUT2D eigenvalue weighted by Gasteiger charge is 2.33. The minimum absolute atomic E-state index is 0. The van der Waals surface area contributed by atoms with E-state index in [-0.39, 0.29) is 36.8 Å². The lowest BCUT2D eigenvalue weighted by atomic mass is 10.0. The van der Waals surface area contributed by atoms with E-state index >= 15 is 0 Å². The van der Waals surface area contributed by atoms with Gasteiger partial charge in [-0.2, -0.15) is 0 Å². The van der Waals surface area contributed by atoms with E-state index in [2.05, 4.69) is 11.9 Å². The van der Waals surface area contributed by atoms with Crippen molar-refractivity contribution < 1.29 is 4.79 Å². The molecule has 2 aliphatic heterocycles. The van der Waals surface area contributed by atoms with Crippen LogP contribution in [-0.2, 0) is 4.79 Å². The fourth-order valence-corrected chi connectivity index (χ4v) is 2.42. The van der Waals surface area contributed by atoms with Gasteiger partial charge >= 0.3 is 0 Å². The second-order valence-corrected chi connectivity index (χ2v) is 4.54. The van der Waals surface area contributed by atoms with Crippen LogP contribution in [0.25, 0.3) is 0 Å². The minimum Gasteiger partial charge on any atom is -0.338 e. The Morgan fingerprint density at radius 2 is 1.81 bits per heavy atom. The minimum atomic E-state index is 0. The molecule has 2 rings (SSSR count). The molecule has 4 nitrogen and oxygen atoms in total. The molecule has 2 aliphatic rings. The maximum Gasteiger partial charge on any atom is 0.224 e. The van der Waals surface area contributed by atoms with E-state index in [0.29, 0.717) is 12.5 Å². The Kier molecular flexibility index (Phi) is 6.63. The van der Waals surface area contributed by atoms with E-state index < -0.39 is 0 Å². The van der Waals surface area contributed by atoms with Gasteiger partial charge < -0.3 is 15.5 Å². The van der Waals surface area contributed by atoms with Crippen LogP contribution >= 0.6 is 24.8 Å². The van der Waals surface area contributed by atoms with Gasteiger partial charge in [-0.1, -0.05) is 0 Å². The highest BCUT2D eigenvalue weighted by Crippen LogP contribution is 2.20. The molecule has 6 heteroatoms. The zero-order chi connectivity index (χ0) is 10.1. The lowest BCUT2D eigenvalue weighted by Crippen LogP contribution is -2.45. The lowest BCUT2D eigenvalue weighted by Gasteiger charge is -2.35. The molecule has 1 amide bonds. The van der Waals surface area contributed by atoms with Crippen LogP contribution in [0.2, 0.25) is 0 Å². The zero-order valence-electron chi connectivity index (χ0n) is 9.59. The summed E-state index contributed by atoms with van der Waals surface area (Å²) in [7, 11) is 2.13. The predicted molar refractivity (Wildman–Crippen MR) is 69.3 cm³/mol. The van der Waals surface area contributed by atoms with Gasteiger partial charge in [0.15, 0.2) is 0 Å². The van der Waals surface area contributed by atoms with Crippen LogP contribution in [0.4, 0.5) is 0 Å². The number of hydrogen-bond donors (Lipinski definition) is 1. The largest absolute Gasteiger partial charge is 0.338 e. The van der Waals surface area contributed by atoms with Crippen molar-refractivity contribution in [2.45, 2.75) is 31.3 Å². The fourth-order valence-electron chi connectivity index (χ4n) is 2.42. The molecule has 2 saturated heterocycles. The van der Waals surface area contributed by atoms with Crippen LogP contribution in [0.3, 0.4) is 0 Å².